The molecule has 0 bridgehead atoms. The molecule has 0 aliphatic heterocycles. The maximum absolute atomic E-state index is 12.3. The Kier molecular flexibility index (Phi) is 4.12. The third-order valence-corrected chi connectivity index (χ3v) is 3.83. The van der Waals surface area contributed by atoms with Gasteiger partial charge in [0.2, 0.25) is 0 Å². The summed E-state index contributed by atoms with van der Waals surface area (Å²) in [6, 6.07) is 11.0. The number of rotatable bonds is 5. The summed E-state index contributed by atoms with van der Waals surface area (Å²) in [5, 5.41) is 8.81. The minimum Gasteiger partial charge on any atom is -0.480 e. The van der Waals surface area contributed by atoms with Crippen molar-refractivity contribution in [3.05, 3.63) is 63.6 Å². The first-order valence-electron chi connectivity index (χ1n) is 7.49. The van der Waals surface area contributed by atoms with E-state index in [0.29, 0.717) is 23.4 Å². The van der Waals surface area contributed by atoms with E-state index in [4.69, 9.17) is 14.3 Å². The number of aryl methyl sites for hydroxylation is 2. The fourth-order valence-corrected chi connectivity index (χ4v) is 2.63. The molecule has 1 N–H and O–H groups in total. The number of para-hydroxylation sites is 1. The Morgan fingerprint density at radius 2 is 2.04 bits per heavy atom. The quantitative estimate of drug-likeness (QED) is 0.779. The van der Waals surface area contributed by atoms with Crippen LogP contribution in [0.3, 0.4) is 0 Å². The smallest absolute Gasteiger partial charge is 0.420 e. The molecule has 0 aliphatic carbocycles. The van der Waals surface area contributed by atoms with Crippen molar-refractivity contribution < 1.29 is 19.1 Å². The fourth-order valence-electron chi connectivity index (χ4n) is 2.63. The standard InChI is InChI=1S/C18H17NO5/c1-11-6-7-12(2)13(8-11)9-19-17-14(23-10-16(20)21)4-3-5-15(17)24-18(19)22/h3-8H,9-10H2,1-2H3,(H,20,21). The van der Waals surface area contributed by atoms with Gasteiger partial charge in [-0.05, 0) is 37.1 Å². The number of aliphatic carboxylic acids is 1. The first kappa shape index (κ1) is 15.9. The predicted molar refractivity (Wildman–Crippen MR) is 88.6 cm³/mol. The molecule has 2 aromatic carbocycles. The number of carboxylic acid groups (broad SMARTS) is 1. The maximum atomic E-state index is 12.3. The number of carbonyl (C=O) groups is 1. The first-order chi connectivity index (χ1) is 11.5. The van der Waals surface area contributed by atoms with Crippen LogP contribution in [0.4, 0.5) is 0 Å². The highest BCUT2D eigenvalue weighted by Gasteiger charge is 2.16. The molecule has 0 unspecified atom stereocenters. The van der Waals surface area contributed by atoms with Gasteiger partial charge in [0.15, 0.2) is 12.2 Å². The number of benzene rings is 2. The number of aromatic nitrogens is 1. The summed E-state index contributed by atoms with van der Waals surface area (Å²) in [4.78, 5) is 23.0. The molecule has 0 radical (unpaired) electrons. The Balaban J connectivity index is 2.10. The minimum atomic E-state index is -1.08. The molecular weight excluding hydrogens is 310 g/mol. The normalized spacial score (nSPS) is 10.9. The zero-order valence-electron chi connectivity index (χ0n) is 13.4. The summed E-state index contributed by atoms with van der Waals surface area (Å²) in [7, 11) is 0. The third-order valence-electron chi connectivity index (χ3n) is 3.83. The van der Waals surface area contributed by atoms with Crippen molar-refractivity contribution in [2.45, 2.75) is 20.4 Å². The largest absolute Gasteiger partial charge is 0.480 e. The van der Waals surface area contributed by atoms with Gasteiger partial charge in [-0.1, -0.05) is 29.8 Å². The van der Waals surface area contributed by atoms with E-state index < -0.39 is 18.3 Å². The van der Waals surface area contributed by atoms with Gasteiger partial charge in [0.1, 0.15) is 11.3 Å². The highest BCUT2D eigenvalue weighted by molar-refractivity contribution is 5.81. The Labute approximate surface area is 137 Å². The van der Waals surface area contributed by atoms with Crippen LogP contribution < -0.4 is 10.5 Å². The van der Waals surface area contributed by atoms with E-state index in [0.717, 1.165) is 16.7 Å². The molecule has 0 atom stereocenters. The Hall–Kier alpha value is -3.02. The number of ether oxygens (including phenoxy) is 1. The van der Waals surface area contributed by atoms with Crippen LogP contribution in [0.2, 0.25) is 0 Å². The second-order valence-electron chi connectivity index (χ2n) is 5.67. The SMILES string of the molecule is Cc1ccc(C)c(Cn2c(=O)oc3cccc(OCC(=O)O)c32)c1. The van der Waals surface area contributed by atoms with E-state index in [-0.39, 0.29) is 0 Å². The van der Waals surface area contributed by atoms with Crippen molar-refractivity contribution in [1.29, 1.82) is 0 Å². The molecule has 0 amide bonds. The number of carboxylic acids is 1. The van der Waals surface area contributed by atoms with Gasteiger partial charge >= 0.3 is 11.7 Å². The molecular formula is C18H17NO5. The van der Waals surface area contributed by atoms with Gasteiger partial charge in [-0.25, -0.2) is 9.59 Å². The molecule has 6 nitrogen and oxygen atoms in total. The zero-order valence-corrected chi connectivity index (χ0v) is 13.4. The second-order valence-corrected chi connectivity index (χ2v) is 5.67. The van der Waals surface area contributed by atoms with Gasteiger partial charge < -0.3 is 14.3 Å². The summed E-state index contributed by atoms with van der Waals surface area (Å²) >= 11 is 0. The molecule has 1 aromatic heterocycles. The molecule has 124 valence electrons. The van der Waals surface area contributed by atoms with Crippen LogP contribution in [0.15, 0.2) is 45.6 Å². The van der Waals surface area contributed by atoms with Crippen molar-refractivity contribution in [2.24, 2.45) is 0 Å². The highest BCUT2D eigenvalue weighted by Crippen LogP contribution is 2.26. The fraction of sp³-hybridized carbons (Fsp3) is 0.222. The van der Waals surface area contributed by atoms with Gasteiger partial charge in [0.05, 0.1) is 6.54 Å². The molecule has 3 rings (SSSR count). The van der Waals surface area contributed by atoms with Crippen molar-refractivity contribution in [1.82, 2.24) is 4.57 Å². The van der Waals surface area contributed by atoms with E-state index in [1.807, 2.05) is 32.0 Å². The van der Waals surface area contributed by atoms with Crippen LogP contribution in [0.25, 0.3) is 11.1 Å². The molecule has 3 aromatic rings. The lowest BCUT2D eigenvalue weighted by Crippen LogP contribution is -2.17. The number of hydrogen-bond acceptors (Lipinski definition) is 4. The molecule has 0 aliphatic rings. The monoisotopic (exact) mass is 327 g/mol. The van der Waals surface area contributed by atoms with Crippen LogP contribution in [0, 0.1) is 13.8 Å². The predicted octanol–water partition coefficient (Wildman–Crippen LogP) is 2.72. The van der Waals surface area contributed by atoms with Crippen molar-refractivity contribution in [3.8, 4) is 5.75 Å². The molecule has 1 heterocycles. The summed E-state index contributed by atoms with van der Waals surface area (Å²) in [6.07, 6.45) is 0. The number of hydrogen-bond donors (Lipinski definition) is 1. The summed E-state index contributed by atoms with van der Waals surface area (Å²) < 4.78 is 12.0. The summed E-state index contributed by atoms with van der Waals surface area (Å²) in [5.41, 5.74) is 3.98. The van der Waals surface area contributed by atoms with Crippen LogP contribution in [0.5, 0.6) is 5.75 Å². The average Bonchev–Trinajstić information content (AvgIpc) is 2.85. The second kappa shape index (κ2) is 6.23. The topological polar surface area (TPSA) is 81.7 Å². The lowest BCUT2D eigenvalue weighted by molar-refractivity contribution is -0.139. The van der Waals surface area contributed by atoms with Gasteiger partial charge in [0, 0.05) is 0 Å². The van der Waals surface area contributed by atoms with Crippen LogP contribution >= 0.6 is 0 Å². The van der Waals surface area contributed by atoms with Crippen molar-refractivity contribution in [3.63, 3.8) is 0 Å². The van der Waals surface area contributed by atoms with Gasteiger partial charge in [-0.3, -0.25) is 4.57 Å². The highest BCUT2D eigenvalue weighted by atomic mass is 16.5. The molecule has 0 saturated carbocycles. The summed E-state index contributed by atoms with van der Waals surface area (Å²) in [6.45, 7) is 3.80. The maximum Gasteiger partial charge on any atom is 0.420 e. The third kappa shape index (κ3) is 3.03. The van der Waals surface area contributed by atoms with Crippen molar-refractivity contribution in [2.75, 3.05) is 6.61 Å². The van der Waals surface area contributed by atoms with E-state index in [1.165, 1.54) is 4.57 Å². The Bertz CT molecular complexity index is 967. The molecule has 6 heteroatoms. The van der Waals surface area contributed by atoms with Crippen molar-refractivity contribution >= 4 is 17.1 Å². The van der Waals surface area contributed by atoms with E-state index in [2.05, 4.69) is 0 Å². The van der Waals surface area contributed by atoms with E-state index in [9.17, 15) is 9.59 Å². The molecule has 24 heavy (non-hydrogen) atoms. The summed E-state index contributed by atoms with van der Waals surface area (Å²) in [5.74, 6) is -1.28. The Morgan fingerprint density at radius 3 is 2.79 bits per heavy atom. The van der Waals surface area contributed by atoms with E-state index in [1.54, 1.807) is 18.2 Å². The zero-order chi connectivity index (χ0) is 17.3. The molecule has 0 fully saturated rings. The van der Waals surface area contributed by atoms with Crippen LogP contribution in [-0.2, 0) is 11.3 Å². The van der Waals surface area contributed by atoms with Crippen LogP contribution in [-0.4, -0.2) is 22.2 Å². The van der Waals surface area contributed by atoms with Gasteiger partial charge in [-0.2, -0.15) is 0 Å². The molecule has 0 saturated heterocycles. The minimum absolute atomic E-state index is 0.311. The lowest BCUT2D eigenvalue weighted by Gasteiger charge is -2.10. The number of nitrogens with zero attached hydrogens (tertiary/aromatic N) is 1. The first-order valence-corrected chi connectivity index (χ1v) is 7.49. The molecule has 0 spiro atoms. The number of oxazole rings is 1. The Morgan fingerprint density at radius 1 is 1.25 bits per heavy atom. The van der Waals surface area contributed by atoms with Gasteiger partial charge in [-0.15, -0.1) is 0 Å². The van der Waals surface area contributed by atoms with Crippen LogP contribution in [0.1, 0.15) is 16.7 Å². The lowest BCUT2D eigenvalue weighted by atomic mass is 10.1. The van der Waals surface area contributed by atoms with Gasteiger partial charge in [0.25, 0.3) is 0 Å². The average molecular weight is 327 g/mol. The number of fused-ring (bicyclic) bond motifs is 1. The van der Waals surface area contributed by atoms with E-state index >= 15 is 0 Å².